The Bertz CT molecular complexity index is 360. The molecule has 0 amide bonds. The van der Waals surface area contributed by atoms with Gasteiger partial charge < -0.3 is 0 Å². The predicted molar refractivity (Wildman–Crippen MR) is 49.6 cm³/mol. The van der Waals surface area contributed by atoms with Crippen LogP contribution in [0.3, 0.4) is 0 Å². The van der Waals surface area contributed by atoms with Crippen LogP contribution < -0.4 is 0 Å². The predicted octanol–water partition coefficient (Wildman–Crippen LogP) is 3.60. The molecule has 0 saturated carbocycles. The Morgan fingerprint density at radius 3 is 2.91 bits per heavy atom. The molecule has 0 spiro atoms. The molecule has 56 valence electrons. The first-order chi connectivity index (χ1) is 5.29. The van der Waals surface area contributed by atoms with Crippen molar-refractivity contribution in [2.24, 2.45) is 0 Å². The van der Waals surface area contributed by atoms with Crippen LogP contribution >= 0.6 is 34.5 Å². The highest BCUT2D eigenvalue weighted by molar-refractivity contribution is 7.18. The first kappa shape index (κ1) is 7.35. The van der Waals surface area contributed by atoms with Gasteiger partial charge in [-0.1, -0.05) is 23.2 Å². The second-order valence-electron chi connectivity index (χ2n) is 2.06. The van der Waals surface area contributed by atoms with Crippen molar-refractivity contribution in [1.82, 2.24) is 4.98 Å². The van der Waals surface area contributed by atoms with Crippen LogP contribution in [0.4, 0.5) is 0 Å². The number of nitrogens with zero attached hydrogens (tertiary/aromatic N) is 1. The Hall–Kier alpha value is -0.310. The van der Waals surface area contributed by atoms with Crippen LogP contribution in [0.15, 0.2) is 17.6 Å². The van der Waals surface area contributed by atoms with Gasteiger partial charge in [0.2, 0.25) is 0 Å². The molecule has 1 nitrogen and oxygen atoms in total. The van der Waals surface area contributed by atoms with Crippen molar-refractivity contribution in [3.05, 3.63) is 27.8 Å². The highest BCUT2D eigenvalue weighted by Gasteiger charge is 2.04. The molecule has 2 rings (SSSR count). The van der Waals surface area contributed by atoms with Crippen molar-refractivity contribution in [2.45, 2.75) is 0 Å². The van der Waals surface area contributed by atoms with Gasteiger partial charge in [0.15, 0.2) is 0 Å². The molecule has 0 saturated heterocycles. The van der Waals surface area contributed by atoms with Gasteiger partial charge in [0.1, 0.15) is 5.15 Å². The molecule has 2 aromatic heterocycles. The summed E-state index contributed by atoms with van der Waals surface area (Å²) in [5.74, 6) is 0. The lowest BCUT2D eigenvalue weighted by molar-refractivity contribution is 1.37. The summed E-state index contributed by atoms with van der Waals surface area (Å²) in [6.45, 7) is 0. The van der Waals surface area contributed by atoms with E-state index in [1.54, 1.807) is 17.5 Å². The van der Waals surface area contributed by atoms with Crippen LogP contribution in [0.5, 0.6) is 0 Å². The number of hydrogen-bond acceptors (Lipinski definition) is 2. The Morgan fingerprint density at radius 2 is 2.18 bits per heavy atom. The summed E-state index contributed by atoms with van der Waals surface area (Å²) < 4.78 is 1.01. The molecule has 2 aromatic rings. The number of fused-ring (bicyclic) bond motifs is 1. The second kappa shape index (κ2) is 2.63. The fraction of sp³-hybridized carbons (Fsp3) is 0. The molecular formula is C7H3Cl2NS. The van der Waals surface area contributed by atoms with E-state index in [0.717, 1.165) is 10.1 Å². The lowest BCUT2D eigenvalue weighted by Gasteiger charge is -1.93. The van der Waals surface area contributed by atoms with Crippen LogP contribution in [0.25, 0.3) is 10.1 Å². The number of halogens is 2. The van der Waals surface area contributed by atoms with Crippen LogP contribution in [0.2, 0.25) is 10.2 Å². The number of aromatic nitrogens is 1. The zero-order valence-corrected chi connectivity index (χ0v) is 7.67. The maximum Gasteiger partial charge on any atom is 0.137 e. The van der Waals surface area contributed by atoms with Crippen LogP contribution in [0.1, 0.15) is 0 Å². The van der Waals surface area contributed by atoms with Crippen LogP contribution in [0, 0.1) is 0 Å². The highest BCUT2D eigenvalue weighted by Crippen LogP contribution is 2.31. The minimum absolute atomic E-state index is 0.519. The van der Waals surface area contributed by atoms with E-state index in [2.05, 4.69) is 4.98 Å². The first-order valence-electron chi connectivity index (χ1n) is 2.96. The van der Waals surface area contributed by atoms with Gasteiger partial charge in [-0.05, 0) is 11.4 Å². The molecule has 0 radical (unpaired) electrons. The number of hydrogen-bond donors (Lipinski definition) is 0. The summed E-state index contributed by atoms with van der Waals surface area (Å²) in [6.07, 6.45) is 1.57. The lowest BCUT2D eigenvalue weighted by atomic mass is 10.3. The maximum absolute atomic E-state index is 5.86. The SMILES string of the molecule is Clc1ncc(Cl)c2sccc12. The van der Waals surface area contributed by atoms with E-state index in [0.29, 0.717) is 10.2 Å². The van der Waals surface area contributed by atoms with Crippen molar-refractivity contribution >= 4 is 44.6 Å². The maximum atomic E-state index is 5.86. The molecule has 0 N–H and O–H groups in total. The van der Waals surface area contributed by atoms with Crippen molar-refractivity contribution < 1.29 is 0 Å². The van der Waals surface area contributed by atoms with Gasteiger partial charge in [-0.15, -0.1) is 11.3 Å². The number of thiophene rings is 1. The molecule has 4 heteroatoms. The average molecular weight is 204 g/mol. The van der Waals surface area contributed by atoms with Gasteiger partial charge in [0, 0.05) is 11.6 Å². The molecule has 11 heavy (non-hydrogen) atoms. The summed E-state index contributed by atoms with van der Waals surface area (Å²) in [5.41, 5.74) is 0. The van der Waals surface area contributed by atoms with Crippen molar-refractivity contribution in [1.29, 1.82) is 0 Å². The van der Waals surface area contributed by atoms with Gasteiger partial charge in [-0.25, -0.2) is 4.98 Å². The van der Waals surface area contributed by atoms with Gasteiger partial charge in [-0.3, -0.25) is 0 Å². The average Bonchev–Trinajstić information content (AvgIpc) is 2.45. The van der Waals surface area contributed by atoms with E-state index < -0.39 is 0 Å². The molecule has 0 atom stereocenters. The molecule has 0 aliphatic carbocycles. The smallest absolute Gasteiger partial charge is 0.137 e. The Kier molecular flexibility index (Phi) is 1.75. The molecule has 0 bridgehead atoms. The summed E-state index contributed by atoms with van der Waals surface area (Å²) in [4.78, 5) is 3.92. The van der Waals surface area contributed by atoms with E-state index in [1.807, 2.05) is 11.4 Å². The molecule has 0 aliphatic rings. The third-order valence-electron chi connectivity index (χ3n) is 1.40. The summed E-state index contributed by atoms with van der Waals surface area (Å²) in [6, 6.07) is 1.92. The molecule has 2 heterocycles. The Labute approximate surface area is 77.6 Å². The zero-order valence-electron chi connectivity index (χ0n) is 5.34. The fourth-order valence-corrected chi connectivity index (χ4v) is 2.24. The standard InChI is InChI=1S/C7H3Cl2NS/c8-5-3-10-7(9)4-1-2-11-6(4)5/h1-3H. The summed E-state index contributed by atoms with van der Waals surface area (Å²) >= 11 is 13.2. The van der Waals surface area contributed by atoms with Gasteiger partial charge in [-0.2, -0.15) is 0 Å². The molecule has 0 aliphatic heterocycles. The second-order valence-corrected chi connectivity index (χ2v) is 3.74. The quantitative estimate of drug-likeness (QED) is 0.597. The van der Waals surface area contributed by atoms with Crippen molar-refractivity contribution in [3.8, 4) is 0 Å². The van der Waals surface area contributed by atoms with Crippen LogP contribution in [-0.4, -0.2) is 4.98 Å². The van der Waals surface area contributed by atoms with E-state index in [-0.39, 0.29) is 0 Å². The first-order valence-corrected chi connectivity index (χ1v) is 4.60. The Balaban J connectivity index is 2.96. The van der Waals surface area contributed by atoms with E-state index in [1.165, 1.54) is 0 Å². The van der Waals surface area contributed by atoms with Gasteiger partial charge in [0.25, 0.3) is 0 Å². The third-order valence-corrected chi connectivity index (χ3v) is 3.04. The monoisotopic (exact) mass is 203 g/mol. The minimum atomic E-state index is 0.519. The lowest BCUT2D eigenvalue weighted by Crippen LogP contribution is -1.74. The highest BCUT2D eigenvalue weighted by atomic mass is 35.5. The molecular weight excluding hydrogens is 201 g/mol. The number of pyridine rings is 1. The van der Waals surface area contributed by atoms with E-state index in [9.17, 15) is 0 Å². The zero-order chi connectivity index (χ0) is 7.84. The van der Waals surface area contributed by atoms with Crippen LogP contribution in [-0.2, 0) is 0 Å². The number of rotatable bonds is 0. The normalized spacial score (nSPS) is 10.7. The molecule has 0 fully saturated rings. The van der Waals surface area contributed by atoms with Crippen molar-refractivity contribution in [2.75, 3.05) is 0 Å². The van der Waals surface area contributed by atoms with E-state index >= 15 is 0 Å². The fourth-order valence-electron chi connectivity index (χ4n) is 0.898. The molecule has 0 unspecified atom stereocenters. The van der Waals surface area contributed by atoms with Gasteiger partial charge in [0.05, 0.1) is 9.72 Å². The minimum Gasteiger partial charge on any atom is -0.242 e. The topological polar surface area (TPSA) is 12.9 Å². The third kappa shape index (κ3) is 1.11. The summed E-state index contributed by atoms with van der Waals surface area (Å²) in [5, 5.41) is 4.07. The van der Waals surface area contributed by atoms with Crippen molar-refractivity contribution in [3.63, 3.8) is 0 Å². The van der Waals surface area contributed by atoms with Gasteiger partial charge >= 0.3 is 0 Å². The Morgan fingerprint density at radius 1 is 1.36 bits per heavy atom. The largest absolute Gasteiger partial charge is 0.242 e. The van der Waals surface area contributed by atoms with E-state index in [4.69, 9.17) is 23.2 Å². The summed E-state index contributed by atoms with van der Waals surface area (Å²) in [7, 11) is 0. The molecule has 0 aromatic carbocycles.